The molecule has 0 saturated carbocycles. The van der Waals surface area contributed by atoms with E-state index < -0.39 is 0 Å². The van der Waals surface area contributed by atoms with Crippen LogP contribution in [-0.2, 0) is 4.79 Å². The summed E-state index contributed by atoms with van der Waals surface area (Å²) in [5.74, 6) is -0.0692. The van der Waals surface area contributed by atoms with E-state index in [1.807, 2.05) is 24.5 Å². The van der Waals surface area contributed by atoms with Crippen molar-refractivity contribution in [2.75, 3.05) is 6.26 Å². The van der Waals surface area contributed by atoms with Crippen molar-refractivity contribution < 1.29 is 4.79 Å². The molecule has 1 aliphatic carbocycles. The average Bonchev–Trinajstić information content (AvgIpc) is 2.15. The molecule has 0 aliphatic heterocycles. The summed E-state index contributed by atoms with van der Waals surface area (Å²) in [6, 6.07) is 0. The Labute approximate surface area is 76.4 Å². The molecule has 0 aromatic heterocycles. The Balaban J connectivity index is 2.41. The van der Waals surface area contributed by atoms with Gasteiger partial charge in [0.1, 0.15) is 0 Å². The minimum atomic E-state index is -0.0692. The van der Waals surface area contributed by atoms with Crippen molar-refractivity contribution in [3.05, 3.63) is 23.8 Å². The zero-order chi connectivity index (χ0) is 8.81. The normalized spacial score (nSPS) is 15.6. The van der Waals surface area contributed by atoms with E-state index in [0.29, 0.717) is 0 Å². The molecule has 1 aliphatic rings. The van der Waals surface area contributed by atoms with Crippen LogP contribution in [0.5, 0.6) is 0 Å². The first-order valence-electron chi connectivity index (χ1n) is 3.79. The van der Waals surface area contributed by atoms with E-state index in [2.05, 4.69) is 10.3 Å². The van der Waals surface area contributed by atoms with E-state index in [1.165, 1.54) is 11.9 Å². The van der Waals surface area contributed by atoms with Gasteiger partial charge in [0.25, 0.3) is 5.91 Å². The number of rotatable bonds is 3. The minimum Gasteiger partial charge on any atom is -0.278 e. The third kappa shape index (κ3) is 2.71. The molecule has 66 valence electrons. The molecule has 0 heterocycles. The van der Waals surface area contributed by atoms with Crippen molar-refractivity contribution in [2.45, 2.75) is 12.8 Å². The maximum atomic E-state index is 11.3. The Morgan fingerprint density at radius 3 is 3.00 bits per heavy atom. The maximum absolute atomic E-state index is 11.3. The second kappa shape index (κ2) is 5.00. The van der Waals surface area contributed by atoms with Gasteiger partial charge in [-0.05, 0) is 19.1 Å². The lowest BCUT2D eigenvalue weighted by Crippen LogP contribution is -2.33. The summed E-state index contributed by atoms with van der Waals surface area (Å²) < 4.78 is 0. The van der Waals surface area contributed by atoms with E-state index in [4.69, 9.17) is 0 Å². The van der Waals surface area contributed by atoms with Crippen LogP contribution < -0.4 is 10.3 Å². The summed E-state index contributed by atoms with van der Waals surface area (Å²) in [4.78, 5) is 13.9. The molecule has 12 heavy (non-hydrogen) atoms. The van der Waals surface area contributed by atoms with Gasteiger partial charge in [-0.3, -0.25) is 10.2 Å². The molecule has 0 aromatic rings. The van der Waals surface area contributed by atoms with Crippen LogP contribution in [0.15, 0.2) is 23.8 Å². The maximum Gasteiger partial charge on any atom is 0.265 e. The summed E-state index contributed by atoms with van der Waals surface area (Å²) in [5, 5.41) is 0. The fourth-order valence-electron chi connectivity index (χ4n) is 0.951. The fraction of sp³-hybridized carbons (Fsp3) is 0.375. The second-order valence-corrected chi connectivity index (χ2v) is 3.01. The molecule has 0 aromatic carbocycles. The Hall–Kier alpha value is -0.740. The predicted molar refractivity (Wildman–Crippen MR) is 51.3 cm³/mol. The first-order valence-corrected chi connectivity index (χ1v) is 5.02. The van der Waals surface area contributed by atoms with Gasteiger partial charge in [0.15, 0.2) is 0 Å². The second-order valence-electron chi connectivity index (χ2n) is 2.40. The molecule has 3 nitrogen and oxygen atoms in total. The molecule has 0 atom stereocenters. The number of carbonyl (C=O) groups is 1. The van der Waals surface area contributed by atoms with Gasteiger partial charge in [0.2, 0.25) is 0 Å². The molecule has 0 unspecified atom stereocenters. The average molecular weight is 184 g/mol. The van der Waals surface area contributed by atoms with E-state index in [1.54, 1.807) is 0 Å². The summed E-state index contributed by atoms with van der Waals surface area (Å²) in [5.41, 5.74) is 3.30. The topological polar surface area (TPSA) is 41.1 Å². The van der Waals surface area contributed by atoms with Crippen LogP contribution in [0.3, 0.4) is 0 Å². The zero-order valence-corrected chi connectivity index (χ0v) is 7.78. The number of hydrogen-bond donors (Lipinski definition) is 2. The Morgan fingerprint density at radius 2 is 2.42 bits per heavy atom. The Morgan fingerprint density at radius 1 is 1.58 bits per heavy atom. The smallest absolute Gasteiger partial charge is 0.265 e. The number of hydrazine groups is 1. The highest BCUT2D eigenvalue weighted by Crippen LogP contribution is 2.08. The molecule has 0 radical (unpaired) electrons. The van der Waals surface area contributed by atoms with Crippen LogP contribution in [0.4, 0.5) is 0 Å². The monoisotopic (exact) mass is 184 g/mol. The quantitative estimate of drug-likeness (QED) is 0.511. The third-order valence-electron chi connectivity index (χ3n) is 1.52. The van der Waals surface area contributed by atoms with Gasteiger partial charge in [-0.1, -0.05) is 30.2 Å². The van der Waals surface area contributed by atoms with E-state index >= 15 is 0 Å². The zero-order valence-electron chi connectivity index (χ0n) is 6.96. The first-order chi connectivity index (χ1) is 5.84. The van der Waals surface area contributed by atoms with Gasteiger partial charge in [0, 0.05) is 5.57 Å². The number of carbonyl (C=O) groups excluding carboxylic acids is 1. The summed E-state index contributed by atoms with van der Waals surface area (Å²) in [6.07, 6.45) is 9.64. The summed E-state index contributed by atoms with van der Waals surface area (Å²) in [7, 11) is 0. The minimum absolute atomic E-state index is 0.0692. The molecule has 0 bridgehead atoms. The molecule has 2 N–H and O–H groups in total. The summed E-state index contributed by atoms with van der Waals surface area (Å²) >= 11 is 1.36. The molecule has 1 rings (SSSR count). The molecule has 0 spiro atoms. The van der Waals surface area contributed by atoms with Crippen LogP contribution in [0.2, 0.25) is 0 Å². The van der Waals surface area contributed by atoms with Crippen LogP contribution in [0, 0.1) is 0 Å². The fourth-order valence-corrected chi connectivity index (χ4v) is 1.15. The number of nitrogens with one attached hydrogen (secondary N) is 2. The molecule has 0 fully saturated rings. The molecule has 1 amide bonds. The Bertz CT molecular complexity index is 223. The molecule has 4 heteroatoms. The van der Waals surface area contributed by atoms with E-state index in [9.17, 15) is 4.79 Å². The van der Waals surface area contributed by atoms with Gasteiger partial charge in [-0.2, -0.15) is 4.83 Å². The number of allylic oxidation sites excluding steroid dienone is 2. The molecular weight excluding hydrogens is 172 g/mol. The molecule has 0 saturated heterocycles. The predicted octanol–water partition coefficient (Wildman–Crippen LogP) is 1.16. The highest BCUT2D eigenvalue weighted by atomic mass is 32.2. The van der Waals surface area contributed by atoms with Gasteiger partial charge in [-0.15, -0.1) is 0 Å². The largest absolute Gasteiger partial charge is 0.278 e. The lowest BCUT2D eigenvalue weighted by atomic mass is 10.1. The highest BCUT2D eigenvalue weighted by molar-refractivity contribution is 7.96. The van der Waals surface area contributed by atoms with Crippen molar-refractivity contribution in [1.82, 2.24) is 10.3 Å². The van der Waals surface area contributed by atoms with Gasteiger partial charge >= 0.3 is 0 Å². The SMILES string of the molecule is CSNNC(=O)C1=CCCC=C1. The molecular formula is C8H12N2OS. The first kappa shape index (κ1) is 9.35. The van der Waals surface area contributed by atoms with Crippen LogP contribution in [-0.4, -0.2) is 12.2 Å². The third-order valence-corrected chi connectivity index (χ3v) is 1.83. The highest BCUT2D eigenvalue weighted by Gasteiger charge is 2.06. The van der Waals surface area contributed by atoms with Gasteiger partial charge < -0.3 is 0 Å². The van der Waals surface area contributed by atoms with Crippen LogP contribution in [0.1, 0.15) is 12.8 Å². The number of hydrogen-bond acceptors (Lipinski definition) is 3. The number of amides is 1. The Kier molecular flexibility index (Phi) is 3.90. The van der Waals surface area contributed by atoms with Crippen molar-refractivity contribution in [1.29, 1.82) is 0 Å². The van der Waals surface area contributed by atoms with Crippen LogP contribution in [0.25, 0.3) is 0 Å². The lowest BCUT2D eigenvalue weighted by molar-refractivity contribution is -0.117. The van der Waals surface area contributed by atoms with Crippen molar-refractivity contribution in [2.24, 2.45) is 0 Å². The van der Waals surface area contributed by atoms with Crippen molar-refractivity contribution >= 4 is 17.9 Å². The standard InChI is InChI=1S/C8H12N2OS/c1-12-10-9-8(11)7-5-3-2-4-6-7/h3,5-6,10H,2,4H2,1H3,(H,9,11). The summed E-state index contributed by atoms with van der Waals surface area (Å²) in [6.45, 7) is 0. The van der Waals surface area contributed by atoms with Crippen LogP contribution >= 0.6 is 11.9 Å². The van der Waals surface area contributed by atoms with E-state index in [0.717, 1.165) is 18.4 Å². The van der Waals surface area contributed by atoms with E-state index in [-0.39, 0.29) is 5.91 Å². The van der Waals surface area contributed by atoms with Crippen molar-refractivity contribution in [3.8, 4) is 0 Å². The van der Waals surface area contributed by atoms with Gasteiger partial charge in [-0.25, -0.2) is 0 Å². The van der Waals surface area contributed by atoms with Gasteiger partial charge in [0.05, 0.1) is 0 Å². The lowest BCUT2D eigenvalue weighted by Gasteiger charge is -2.07. The van der Waals surface area contributed by atoms with Crippen molar-refractivity contribution in [3.63, 3.8) is 0 Å².